The Morgan fingerprint density at radius 2 is 1.62 bits per heavy atom. The molecule has 0 unspecified atom stereocenters. The lowest BCUT2D eigenvalue weighted by Crippen LogP contribution is -1.99. The number of halogens is 2. The SMILES string of the molecule is COc1c(C)cc(O)c(Cc2c(O)cc(Cl)cc2Cl)c1C. The first-order valence-corrected chi connectivity index (χ1v) is 7.13. The maximum absolute atomic E-state index is 10.2. The number of phenols is 2. The van der Waals surface area contributed by atoms with Crippen molar-refractivity contribution in [2.24, 2.45) is 0 Å². The van der Waals surface area contributed by atoms with Gasteiger partial charge in [-0.15, -0.1) is 0 Å². The maximum atomic E-state index is 10.2. The van der Waals surface area contributed by atoms with E-state index in [1.807, 2.05) is 13.8 Å². The van der Waals surface area contributed by atoms with E-state index in [4.69, 9.17) is 27.9 Å². The molecule has 0 aliphatic heterocycles. The van der Waals surface area contributed by atoms with Gasteiger partial charge in [-0.1, -0.05) is 23.2 Å². The van der Waals surface area contributed by atoms with Gasteiger partial charge in [-0.2, -0.15) is 0 Å². The van der Waals surface area contributed by atoms with E-state index < -0.39 is 0 Å². The summed E-state index contributed by atoms with van der Waals surface area (Å²) in [5, 5.41) is 20.9. The molecule has 2 N–H and O–H groups in total. The van der Waals surface area contributed by atoms with Gasteiger partial charge in [-0.05, 0) is 43.2 Å². The minimum absolute atomic E-state index is 0.00541. The molecule has 0 aliphatic carbocycles. The second-order valence-electron chi connectivity index (χ2n) is 4.91. The Morgan fingerprint density at radius 3 is 2.19 bits per heavy atom. The molecule has 0 saturated carbocycles. The first kappa shape index (κ1) is 15.8. The van der Waals surface area contributed by atoms with E-state index >= 15 is 0 Å². The molecule has 0 atom stereocenters. The summed E-state index contributed by atoms with van der Waals surface area (Å²) in [6, 6.07) is 4.64. The summed E-state index contributed by atoms with van der Waals surface area (Å²) in [5.41, 5.74) is 2.85. The molecule has 2 aromatic rings. The van der Waals surface area contributed by atoms with Crippen LogP contribution in [-0.2, 0) is 6.42 Å². The summed E-state index contributed by atoms with van der Waals surface area (Å²) in [6.07, 6.45) is 0.288. The van der Waals surface area contributed by atoms with Gasteiger partial charge in [0.2, 0.25) is 0 Å². The summed E-state index contributed by atoms with van der Waals surface area (Å²) >= 11 is 12.0. The molecular weight excluding hydrogens is 311 g/mol. The molecule has 21 heavy (non-hydrogen) atoms. The highest BCUT2D eigenvalue weighted by molar-refractivity contribution is 6.35. The Labute approximate surface area is 133 Å². The Bertz CT molecular complexity index is 673. The predicted molar refractivity (Wildman–Crippen MR) is 85.1 cm³/mol. The normalized spacial score (nSPS) is 10.7. The summed E-state index contributed by atoms with van der Waals surface area (Å²) in [4.78, 5) is 0. The van der Waals surface area contributed by atoms with Crippen LogP contribution >= 0.6 is 23.2 Å². The highest BCUT2D eigenvalue weighted by Crippen LogP contribution is 2.38. The van der Waals surface area contributed by atoms with Gasteiger partial charge >= 0.3 is 0 Å². The maximum Gasteiger partial charge on any atom is 0.125 e. The molecule has 5 heteroatoms. The average molecular weight is 327 g/mol. The fraction of sp³-hybridized carbons (Fsp3) is 0.250. The number of aryl methyl sites for hydroxylation is 1. The Hall–Kier alpha value is -1.58. The lowest BCUT2D eigenvalue weighted by molar-refractivity contribution is 0.404. The third-order valence-electron chi connectivity index (χ3n) is 3.51. The molecule has 0 amide bonds. The van der Waals surface area contributed by atoms with Crippen LogP contribution in [0, 0.1) is 13.8 Å². The van der Waals surface area contributed by atoms with Crippen molar-refractivity contribution in [3.05, 3.63) is 50.5 Å². The molecule has 0 heterocycles. The molecule has 112 valence electrons. The molecule has 3 nitrogen and oxygen atoms in total. The number of rotatable bonds is 3. The van der Waals surface area contributed by atoms with Crippen LogP contribution in [-0.4, -0.2) is 17.3 Å². The van der Waals surface area contributed by atoms with Gasteiger partial charge in [0.1, 0.15) is 17.2 Å². The van der Waals surface area contributed by atoms with Crippen molar-refractivity contribution in [3.8, 4) is 17.2 Å². The Balaban J connectivity index is 2.55. The Morgan fingerprint density at radius 1 is 1.00 bits per heavy atom. The van der Waals surface area contributed by atoms with Crippen molar-refractivity contribution in [1.82, 2.24) is 0 Å². The molecule has 0 saturated heterocycles. The van der Waals surface area contributed by atoms with E-state index in [-0.39, 0.29) is 17.9 Å². The first-order chi connectivity index (χ1) is 9.85. The van der Waals surface area contributed by atoms with E-state index in [9.17, 15) is 10.2 Å². The van der Waals surface area contributed by atoms with Gasteiger partial charge in [-0.3, -0.25) is 0 Å². The zero-order valence-corrected chi connectivity index (χ0v) is 13.5. The molecule has 0 bridgehead atoms. The van der Waals surface area contributed by atoms with Gasteiger partial charge in [-0.25, -0.2) is 0 Å². The number of phenolic OH excluding ortho intramolecular Hbond substituents is 2. The van der Waals surface area contributed by atoms with Crippen molar-refractivity contribution in [2.75, 3.05) is 7.11 Å². The lowest BCUT2D eigenvalue weighted by Gasteiger charge is -2.16. The zero-order valence-electron chi connectivity index (χ0n) is 12.0. The highest BCUT2D eigenvalue weighted by atomic mass is 35.5. The smallest absolute Gasteiger partial charge is 0.125 e. The van der Waals surface area contributed by atoms with E-state index in [0.717, 1.165) is 11.1 Å². The molecular formula is C16H16Cl2O3. The van der Waals surface area contributed by atoms with E-state index in [0.29, 0.717) is 26.9 Å². The minimum Gasteiger partial charge on any atom is -0.508 e. The molecule has 0 spiro atoms. The zero-order chi connectivity index (χ0) is 15.7. The molecule has 0 radical (unpaired) electrons. The largest absolute Gasteiger partial charge is 0.508 e. The van der Waals surface area contributed by atoms with Gasteiger partial charge in [0, 0.05) is 27.6 Å². The fourth-order valence-electron chi connectivity index (χ4n) is 2.46. The van der Waals surface area contributed by atoms with Crippen LogP contribution in [0.15, 0.2) is 18.2 Å². The minimum atomic E-state index is 0.00541. The van der Waals surface area contributed by atoms with Crippen molar-refractivity contribution in [2.45, 2.75) is 20.3 Å². The molecule has 0 aliphatic rings. The van der Waals surface area contributed by atoms with Crippen molar-refractivity contribution in [3.63, 3.8) is 0 Å². The number of methoxy groups -OCH3 is 1. The third-order valence-corrected chi connectivity index (χ3v) is 4.06. The number of aromatic hydroxyl groups is 2. The Kier molecular flexibility index (Phi) is 4.55. The van der Waals surface area contributed by atoms with Gasteiger partial charge in [0.15, 0.2) is 0 Å². The van der Waals surface area contributed by atoms with Gasteiger partial charge in [0.05, 0.1) is 7.11 Å². The van der Waals surface area contributed by atoms with Crippen molar-refractivity contribution in [1.29, 1.82) is 0 Å². The number of hydrogen-bond donors (Lipinski definition) is 2. The fourth-order valence-corrected chi connectivity index (χ4v) is 3.01. The number of benzene rings is 2. The van der Waals surface area contributed by atoms with Crippen LogP contribution in [0.4, 0.5) is 0 Å². The molecule has 0 fully saturated rings. The van der Waals surface area contributed by atoms with Crippen LogP contribution in [0.5, 0.6) is 17.2 Å². The summed E-state index contributed by atoms with van der Waals surface area (Å²) in [7, 11) is 1.59. The second-order valence-corrected chi connectivity index (χ2v) is 5.76. The average Bonchev–Trinajstić information content (AvgIpc) is 2.36. The number of ether oxygens (including phenoxy) is 1. The molecule has 2 aromatic carbocycles. The van der Waals surface area contributed by atoms with Gasteiger partial charge in [0.25, 0.3) is 0 Å². The van der Waals surface area contributed by atoms with Crippen LogP contribution in [0.25, 0.3) is 0 Å². The van der Waals surface area contributed by atoms with E-state index in [2.05, 4.69) is 0 Å². The van der Waals surface area contributed by atoms with E-state index in [1.165, 1.54) is 6.07 Å². The van der Waals surface area contributed by atoms with Crippen LogP contribution < -0.4 is 4.74 Å². The quantitative estimate of drug-likeness (QED) is 0.865. The standard InChI is InChI=1S/C16H16Cl2O3/c1-8-4-14(19)11(9(2)16(8)21-3)7-12-13(18)5-10(17)6-15(12)20/h4-6,19-20H,7H2,1-3H3. The summed E-state index contributed by atoms with van der Waals surface area (Å²) in [6.45, 7) is 3.73. The van der Waals surface area contributed by atoms with E-state index in [1.54, 1.807) is 19.2 Å². The number of hydrogen-bond acceptors (Lipinski definition) is 3. The predicted octanol–water partition coefficient (Wildman–Crippen LogP) is 4.62. The van der Waals surface area contributed by atoms with Crippen molar-refractivity contribution < 1.29 is 14.9 Å². The van der Waals surface area contributed by atoms with Gasteiger partial charge < -0.3 is 14.9 Å². The molecule has 0 aromatic heterocycles. The topological polar surface area (TPSA) is 49.7 Å². The van der Waals surface area contributed by atoms with Crippen molar-refractivity contribution >= 4 is 23.2 Å². The van der Waals surface area contributed by atoms with Crippen LogP contribution in [0.3, 0.4) is 0 Å². The third kappa shape index (κ3) is 3.04. The first-order valence-electron chi connectivity index (χ1n) is 6.38. The lowest BCUT2D eigenvalue weighted by atomic mass is 9.96. The van der Waals surface area contributed by atoms with Crippen LogP contribution in [0.1, 0.15) is 22.3 Å². The van der Waals surface area contributed by atoms with Crippen LogP contribution in [0.2, 0.25) is 10.0 Å². The highest BCUT2D eigenvalue weighted by Gasteiger charge is 2.17. The molecule has 2 rings (SSSR count). The summed E-state index contributed by atoms with van der Waals surface area (Å²) < 4.78 is 5.36. The second kappa shape index (κ2) is 6.04. The monoisotopic (exact) mass is 326 g/mol. The summed E-state index contributed by atoms with van der Waals surface area (Å²) in [5.74, 6) is 0.870.